The lowest BCUT2D eigenvalue weighted by Crippen LogP contribution is -2.65. The van der Waals surface area contributed by atoms with Gasteiger partial charge in [0.2, 0.25) is 11.5 Å². The molecule has 4 fully saturated rings. The first-order valence-electron chi connectivity index (χ1n) is 20.6. The van der Waals surface area contributed by atoms with Gasteiger partial charge in [0, 0.05) is 17.1 Å². The molecule has 2 aliphatic heterocycles. The van der Waals surface area contributed by atoms with Crippen LogP contribution in [0.3, 0.4) is 0 Å². The van der Waals surface area contributed by atoms with Crippen LogP contribution in [0.25, 0.3) is 0 Å². The number of aliphatic hydroxyl groups is 1. The molecule has 6 aliphatic rings. The van der Waals surface area contributed by atoms with E-state index in [-0.39, 0.29) is 79.7 Å². The molecule has 1 N–H and O–H groups in total. The fourth-order valence-corrected chi connectivity index (χ4v) is 10.9. The molecule has 4 aliphatic carbocycles. The third kappa shape index (κ3) is 6.91. The number of unbranched alkanes of at least 4 members (excludes halogenated alkanes) is 1. The lowest BCUT2D eigenvalue weighted by atomic mass is 9.45. The zero-order valence-corrected chi connectivity index (χ0v) is 34.9. The minimum Gasteiger partial charge on any atom is -0.511 e. The number of ketones is 2. The third-order valence-electron chi connectivity index (χ3n) is 13.8. The summed E-state index contributed by atoms with van der Waals surface area (Å²) in [5, 5.41) is 20.6. The Morgan fingerprint density at radius 2 is 1.73 bits per heavy atom. The summed E-state index contributed by atoms with van der Waals surface area (Å²) in [7, 11) is 1.52. The standard InChI is InChI=1S/C44H48FNO16/c1-40(2)61-35-22-30-29-13-10-26-20-27(47)21-33(48)42(26,4)43(29,45)15-14-41(30,3)44(35,62-40)34(49)23-56-39(51)59-32-19-25(37(50)55-16-6-7-17-57-46(52)53)18-31-36(32)60-38(58-31)24-8-11-28(54-5)12-9-24/h8-9,11-12,18-21,29-30,35,38,48H,6-7,10,13-17,22-23H2,1-5H3/t29?,30?,35-,38?,41+,42+,43-,44-/m1/s1. The lowest BCUT2D eigenvalue weighted by Gasteiger charge is -2.61. The second kappa shape index (κ2) is 15.6. The maximum atomic E-state index is 17.8. The van der Waals surface area contributed by atoms with Gasteiger partial charge in [-0.15, -0.1) is 10.1 Å². The minimum atomic E-state index is -1.94. The smallest absolute Gasteiger partial charge is 0.511 e. The Balaban J connectivity index is 1.01. The largest absolute Gasteiger partial charge is 0.514 e. The van der Waals surface area contributed by atoms with Gasteiger partial charge in [-0.1, -0.05) is 6.92 Å². The Kier molecular flexibility index (Phi) is 10.8. The maximum absolute atomic E-state index is 17.8. The van der Waals surface area contributed by atoms with E-state index in [0.717, 1.165) is 6.08 Å². The van der Waals surface area contributed by atoms with E-state index in [1.54, 1.807) is 45.0 Å². The average Bonchev–Trinajstić information content (AvgIpc) is 3.86. The number of allylic oxidation sites excluding steroid dienone is 3. The van der Waals surface area contributed by atoms with Gasteiger partial charge in [-0.25, -0.2) is 14.0 Å². The number of esters is 1. The Hall–Kier alpha value is -5.75. The van der Waals surface area contributed by atoms with Crippen molar-refractivity contribution in [3.8, 4) is 23.0 Å². The summed E-state index contributed by atoms with van der Waals surface area (Å²) in [5.41, 5.74) is -4.96. The van der Waals surface area contributed by atoms with E-state index in [2.05, 4.69) is 4.84 Å². The average molecular weight is 866 g/mol. The molecule has 2 aromatic carbocycles. The third-order valence-corrected chi connectivity index (χ3v) is 13.8. The van der Waals surface area contributed by atoms with Crippen molar-refractivity contribution in [1.82, 2.24) is 0 Å². The number of carbonyl (C=O) groups excluding carboxylic acids is 4. The Bertz CT molecular complexity index is 2260. The highest BCUT2D eigenvalue weighted by atomic mass is 19.1. The molecule has 2 aromatic rings. The van der Waals surface area contributed by atoms with E-state index < -0.39 is 81.7 Å². The molecule has 1 saturated heterocycles. The molecule has 0 radical (unpaired) electrons. The Morgan fingerprint density at radius 1 is 0.984 bits per heavy atom. The van der Waals surface area contributed by atoms with Crippen LogP contribution in [0.1, 0.15) is 94.9 Å². The first kappa shape index (κ1) is 42.9. The van der Waals surface area contributed by atoms with Crippen LogP contribution in [-0.4, -0.2) is 84.0 Å². The molecule has 3 saturated carbocycles. The number of halogens is 1. The van der Waals surface area contributed by atoms with Crippen LogP contribution >= 0.6 is 0 Å². The van der Waals surface area contributed by atoms with Crippen LogP contribution in [0.4, 0.5) is 9.18 Å². The van der Waals surface area contributed by atoms with Gasteiger partial charge in [0.15, 0.2) is 35.3 Å². The molecular formula is C44H48FNO16. The number of nitrogens with zero attached hydrogens (tertiary/aromatic N) is 1. The van der Waals surface area contributed by atoms with Crippen molar-refractivity contribution >= 4 is 23.7 Å². The van der Waals surface area contributed by atoms with Crippen LogP contribution in [0.2, 0.25) is 0 Å². The highest BCUT2D eigenvalue weighted by Crippen LogP contribution is 2.73. The van der Waals surface area contributed by atoms with Crippen molar-refractivity contribution in [2.75, 3.05) is 26.9 Å². The van der Waals surface area contributed by atoms with Crippen LogP contribution < -0.4 is 18.9 Å². The zero-order chi connectivity index (χ0) is 44.4. The van der Waals surface area contributed by atoms with Crippen LogP contribution in [0.15, 0.2) is 59.9 Å². The van der Waals surface area contributed by atoms with Crippen LogP contribution in [0.5, 0.6) is 23.0 Å². The highest BCUT2D eigenvalue weighted by Gasteiger charge is 2.79. The first-order valence-corrected chi connectivity index (χ1v) is 20.6. The highest BCUT2D eigenvalue weighted by molar-refractivity contribution is 6.02. The van der Waals surface area contributed by atoms with Gasteiger partial charge in [-0.3, -0.25) is 9.59 Å². The first-order chi connectivity index (χ1) is 29.3. The van der Waals surface area contributed by atoms with E-state index >= 15 is 4.39 Å². The predicted molar refractivity (Wildman–Crippen MR) is 210 cm³/mol. The van der Waals surface area contributed by atoms with Gasteiger partial charge in [0.1, 0.15) is 17.2 Å². The molecule has 332 valence electrons. The molecule has 0 spiro atoms. The zero-order valence-electron chi connectivity index (χ0n) is 34.9. The van der Waals surface area contributed by atoms with Crippen molar-refractivity contribution in [2.45, 2.75) is 102 Å². The molecule has 17 nitrogen and oxygen atoms in total. The number of aliphatic hydroxyl groups excluding tert-OH is 1. The number of ether oxygens (including phenoxy) is 8. The summed E-state index contributed by atoms with van der Waals surface area (Å²) in [4.78, 5) is 68.4. The summed E-state index contributed by atoms with van der Waals surface area (Å²) in [6.45, 7) is 5.81. The molecule has 18 heteroatoms. The number of rotatable bonds is 13. The van der Waals surface area contributed by atoms with Gasteiger partial charge in [-0.2, -0.15) is 0 Å². The maximum Gasteiger partial charge on any atom is 0.514 e. The van der Waals surface area contributed by atoms with Crippen molar-refractivity contribution in [3.05, 3.63) is 81.1 Å². The van der Waals surface area contributed by atoms with E-state index in [4.69, 9.17) is 37.9 Å². The molecule has 8 atom stereocenters. The summed E-state index contributed by atoms with van der Waals surface area (Å²) in [6, 6.07) is 9.33. The van der Waals surface area contributed by atoms with Gasteiger partial charge in [0.05, 0.1) is 37.4 Å². The fourth-order valence-electron chi connectivity index (χ4n) is 10.9. The van der Waals surface area contributed by atoms with Gasteiger partial charge in [-0.05, 0) is 126 Å². The predicted octanol–water partition coefficient (Wildman–Crippen LogP) is 7.18. The van der Waals surface area contributed by atoms with E-state index in [9.17, 15) is 34.4 Å². The van der Waals surface area contributed by atoms with Gasteiger partial charge in [0.25, 0.3) is 11.4 Å². The van der Waals surface area contributed by atoms with Gasteiger partial charge < -0.3 is 47.8 Å². The topological polar surface area (TPSA) is 215 Å². The molecule has 2 heterocycles. The molecule has 62 heavy (non-hydrogen) atoms. The van der Waals surface area contributed by atoms with Crippen molar-refractivity contribution in [1.29, 1.82) is 0 Å². The molecule has 8 rings (SSSR count). The van der Waals surface area contributed by atoms with Crippen molar-refractivity contribution in [3.63, 3.8) is 0 Å². The number of Topliss-reactive ketones (excluding diaryl/α,β-unsaturated/α-hetero) is 1. The van der Waals surface area contributed by atoms with Gasteiger partial charge >= 0.3 is 12.1 Å². The second-order valence-electron chi connectivity index (χ2n) is 17.4. The second-order valence-corrected chi connectivity index (χ2v) is 17.4. The summed E-state index contributed by atoms with van der Waals surface area (Å²) >= 11 is 0. The number of hydrogen-bond acceptors (Lipinski definition) is 16. The number of benzene rings is 2. The van der Waals surface area contributed by atoms with Crippen molar-refractivity contribution in [2.24, 2.45) is 22.7 Å². The fraction of sp³-hybridized carbons (Fsp3) is 0.545. The number of methoxy groups -OCH3 is 1. The van der Waals surface area contributed by atoms with Crippen LogP contribution in [-0.2, 0) is 33.4 Å². The Morgan fingerprint density at radius 3 is 2.45 bits per heavy atom. The molecule has 0 amide bonds. The number of fused-ring (bicyclic) bond motifs is 8. The SMILES string of the molecule is COc1ccc(C2Oc3cc(C(=O)OCCCCO[N+](=O)[O-])cc(OC(=O)OCC(=O)[C@@]45OC(C)(C)O[C@@H]4CC4C6CCC7=CC(=O)C=C(O)[C@@]7(C)[C@@]6(F)CC[C@@]45C)c3O2)cc1. The number of carbonyl (C=O) groups is 4. The molecule has 3 unspecified atom stereocenters. The molecular weight excluding hydrogens is 817 g/mol. The summed E-state index contributed by atoms with van der Waals surface area (Å²) in [5.74, 6) is -4.11. The van der Waals surface area contributed by atoms with Crippen molar-refractivity contribution < 1.29 is 76.5 Å². The molecule has 0 bridgehead atoms. The summed E-state index contributed by atoms with van der Waals surface area (Å²) in [6.07, 6.45) is 0.989. The normalized spacial score (nSPS) is 32.2. The number of hydrogen-bond donors (Lipinski definition) is 1. The minimum absolute atomic E-state index is 0.0352. The quantitative estimate of drug-likeness (QED) is 0.0694. The Labute approximate surface area is 355 Å². The number of alkyl halides is 1. The summed E-state index contributed by atoms with van der Waals surface area (Å²) < 4.78 is 64.5. The lowest BCUT2D eigenvalue weighted by molar-refractivity contribution is -0.757. The molecule has 0 aromatic heterocycles. The van der Waals surface area contributed by atoms with E-state index in [1.807, 2.05) is 6.92 Å². The van der Waals surface area contributed by atoms with Crippen LogP contribution in [0, 0.1) is 32.8 Å². The monoisotopic (exact) mass is 865 g/mol. The van der Waals surface area contributed by atoms with E-state index in [0.29, 0.717) is 29.7 Å². The van der Waals surface area contributed by atoms with E-state index in [1.165, 1.54) is 25.3 Å².